The Kier molecular flexibility index (Phi) is 5.33. The molecule has 2 aromatic rings. The van der Waals surface area contributed by atoms with Crippen LogP contribution in [-0.2, 0) is 22.6 Å². The second-order valence-electron chi connectivity index (χ2n) is 6.41. The Morgan fingerprint density at radius 3 is 2.96 bits per heavy atom. The molecule has 0 saturated heterocycles. The van der Waals surface area contributed by atoms with Gasteiger partial charge in [-0.25, -0.2) is 0 Å². The predicted molar refractivity (Wildman–Crippen MR) is 93.9 cm³/mol. The van der Waals surface area contributed by atoms with E-state index in [1.54, 1.807) is 19.0 Å². The van der Waals surface area contributed by atoms with Gasteiger partial charge in [0.2, 0.25) is 5.91 Å². The summed E-state index contributed by atoms with van der Waals surface area (Å²) in [6.07, 6.45) is 1.84. The first-order valence-corrected chi connectivity index (χ1v) is 8.92. The largest absolute Gasteiger partial charge is 0.369 e. The zero-order valence-corrected chi connectivity index (χ0v) is 15.3. The molecular weight excluding hydrogens is 324 g/mol. The molecule has 0 bridgehead atoms. The van der Waals surface area contributed by atoms with Crippen LogP contribution in [0.25, 0.3) is 0 Å². The van der Waals surface area contributed by atoms with E-state index in [2.05, 4.69) is 35.1 Å². The third-order valence-corrected chi connectivity index (χ3v) is 5.15. The van der Waals surface area contributed by atoms with E-state index in [9.17, 15) is 4.79 Å². The predicted octanol–water partition coefficient (Wildman–Crippen LogP) is 1.91. The molecule has 1 aliphatic rings. The van der Waals surface area contributed by atoms with E-state index in [-0.39, 0.29) is 18.6 Å². The van der Waals surface area contributed by atoms with Crippen molar-refractivity contribution in [3.8, 4) is 0 Å². The molecule has 0 aliphatic carbocycles. The highest BCUT2D eigenvalue weighted by Crippen LogP contribution is 2.24. The van der Waals surface area contributed by atoms with Crippen molar-refractivity contribution < 1.29 is 9.53 Å². The highest BCUT2D eigenvalue weighted by Gasteiger charge is 2.26. The van der Waals surface area contributed by atoms with Gasteiger partial charge < -0.3 is 9.64 Å². The van der Waals surface area contributed by atoms with Gasteiger partial charge in [-0.15, -0.1) is 11.3 Å². The van der Waals surface area contributed by atoms with E-state index in [1.807, 2.05) is 22.2 Å². The Hall–Kier alpha value is -1.70. The Balaban J connectivity index is 1.62. The number of carbonyl (C=O) groups excluding carboxylic acids is 1. The third kappa shape index (κ3) is 4.03. The second kappa shape index (κ2) is 7.46. The minimum atomic E-state index is -0.0163. The molecule has 7 heteroatoms. The van der Waals surface area contributed by atoms with Crippen LogP contribution in [0.2, 0.25) is 0 Å². The van der Waals surface area contributed by atoms with Gasteiger partial charge in [0.05, 0.1) is 18.3 Å². The van der Waals surface area contributed by atoms with Crippen molar-refractivity contribution >= 4 is 17.2 Å². The minimum Gasteiger partial charge on any atom is -0.369 e. The lowest BCUT2D eigenvalue weighted by molar-refractivity contribution is -0.134. The van der Waals surface area contributed by atoms with E-state index in [1.165, 1.54) is 15.4 Å². The zero-order valence-electron chi connectivity index (χ0n) is 14.4. The van der Waals surface area contributed by atoms with Gasteiger partial charge in [-0.2, -0.15) is 5.10 Å². The van der Waals surface area contributed by atoms with E-state index >= 15 is 0 Å². The number of ether oxygens (including phenoxy) is 1. The van der Waals surface area contributed by atoms with E-state index in [0.717, 1.165) is 19.6 Å². The summed E-state index contributed by atoms with van der Waals surface area (Å²) in [5.74, 6) is -0.0163. The molecule has 1 unspecified atom stereocenters. The Morgan fingerprint density at radius 1 is 1.42 bits per heavy atom. The zero-order chi connectivity index (χ0) is 17.1. The van der Waals surface area contributed by atoms with Gasteiger partial charge in [0.25, 0.3) is 0 Å². The highest BCUT2D eigenvalue weighted by molar-refractivity contribution is 7.11. The molecule has 3 heterocycles. The summed E-state index contributed by atoms with van der Waals surface area (Å²) >= 11 is 1.85. The average molecular weight is 348 g/mol. The number of fused-ring (bicyclic) bond motifs is 1. The molecule has 0 radical (unpaired) electrons. The Labute approximate surface area is 146 Å². The van der Waals surface area contributed by atoms with Crippen LogP contribution in [0.3, 0.4) is 0 Å². The third-order valence-electron chi connectivity index (χ3n) is 4.16. The summed E-state index contributed by atoms with van der Waals surface area (Å²) in [4.78, 5) is 18.3. The maximum Gasteiger partial charge on any atom is 0.248 e. The molecule has 0 aromatic carbocycles. The average Bonchev–Trinajstić information content (AvgIpc) is 3.16. The van der Waals surface area contributed by atoms with Crippen LogP contribution >= 0.6 is 11.3 Å². The van der Waals surface area contributed by atoms with E-state index < -0.39 is 0 Å². The smallest absolute Gasteiger partial charge is 0.248 e. The Bertz CT molecular complexity index is 694. The number of hydrogen-bond donors (Lipinski definition) is 0. The van der Waals surface area contributed by atoms with Crippen LogP contribution in [0.4, 0.5) is 0 Å². The molecule has 24 heavy (non-hydrogen) atoms. The first kappa shape index (κ1) is 17.1. The highest BCUT2D eigenvalue weighted by atomic mass is 32.1. The molecule has 0 fully saturated rings. The number of amides is 1. The molecule has 6 nitrogen and oxygen atoms in total. The van der Waals surface area contributed by atoms with Gasteiger partial charge >= 0.3 is 0 Å². The van der Waals surface area contributed by atoms with E-state index in [0.29, 0.717) is 6.61 Å². The number of aromatic nitrogens is 2. The van der Waals surface area contributed by atoms with Crippen LogP contribution in [0.15, 0.2) is 24.4 Å². The van der Waals surface area contributed by atoms with Gasteiger partial charge in [0.1, 0.15) is 6.61 Å². The molecular formula is C17H24N4O2S. The molecule has 0 N–H and O–H groups in total. The summed E-state index contributed by atoms with van der Waals surface area (Å²) in [6.45, 7) is 5.46. The van der Waals surface area contributed by atoms with Crippen LogP contribution in [0.5, 0.6) is 0 Å². The monoisotopic (exact) mass is 348 g/mol. The number of thiophene rings is 1. The van der Waals surface area contributed by atoms with Crippen molar-refractivity contribution in [1.29, 1.82) is 0 Å². The Morgan fingerprint density at radius 2 is 2.25 bits per heavy atom. The number of aryl methyl sites for hydroxylation is 1. The van der Waals surface area contributed by atoms with Crippen LogP contribution in [-0.4, -0.2) is 59.3 Å². The first-order valence-electron chi connectivity index (χ1n) is 8.11. The summed E-state index contributed by atoms with van der Waals surface area (Å²) < 4.78 is 7.69. The van der Waals surface area contributed by atoms with Gasteiger partial charge in [-0.1, -0.05) is 0 Å². The van der Waals surface area contributed by atoms with Crippen molar-refractivity contribution in [2.75, 3.05) is 33.9 Å². The summed E-state index contributed by atoms with van der Waals surface area (Å²) in [5.41, 5.74) is 1.20. The lowest BCUT2D eigenvalue weighted by Crippen LogP contribution is -2.39. The van der Waals surface area contributed by atoms with Gasteiger partial charge in [-0.3, -0.25) is 14.4 Å². The van der Waals surface area contributed by atoms with Gasteiger partial charge in [-0.05, 0) is 25.1 Å². The maximum absolute atomic E-state index is 11.7. The molecule has 130 valence electrons. The normalized spacial score (nSPS) is 17.7. The second-order valence-corrected chi connectivity index (χ2v) is 7.78. The van der Waals surface area contributed by atoms with Crippen molar-refractivity contribution in [1.82, 2.24) is 19.6 Å². The molecule has 0 saturated carbocycles. The van der Waals surface area contributed by atoms with Crippen molar-refractivity contribution in [2.24, 2.45) is 0 Å². The van der Waals surface area contributed by atoms with Crippen molar-refractivity contribution in [3.05, 3.63) is 39.8 Å². The molecule has 0 spiro atoms. The van der Waals surface area contributed by atoms with Crippen LogP contribution in [0.1, 0.15) is 21.5 Å². The number of rotatable bonds is 6. The number of hydrogen-bond acceptors (Lipinski definition) is 5. The quantitative estimate of drug-likeness (QED) is 0.800. The summed E-state index contributed by atoms with van der Waals surface area (Å²) in [6, 6.07) is 6.57. The maximum atomic E-state index is 11.7. The standard InChI is InChI=1S/C17H24N4O2S/c1-13-4-5-16(24-13)10-20-8-14-6-7-18-21(14)15(9-20)11-23-12-17(22)19(2)3/h4-7,15H,8-12H2,1-3H3. The molecule has 3 rings (SSSR count). The first-order chi connectivity index (χ1) is 11.5. The van der Waals surface area contributed by atoms with Gasteiger partial charge in [0.15, 0.2) is 0 Å². The number of likely N-dealkylation sites (N-methyl/N-ethyl adjacent to an activating group) is 1. The molecule has 1 atom stereocenters. The molecule has 2 aromatic heterocycles. The van der Waals surface area contributed by atoms with Crippen LogP contribution < -0.4 is 0 Å². The van der Waals surface area contributed by atoms with Gasteiger partial charge in [0, 0.05) is 49.7 Å². The molecule has 1 aliphatic heterocycles. The fourth-order valence-electron chi connectivity index (χ4n) is 2.91. The fraction of sp³-hybridized carbons (Fsp3) is 0.529. The number of nitrogens with zero attached hydrogens (tertiary/aromatic N) is 4. The van der Waals surface area contributed by atoms with Crippen LogP contribution in [0, 0.1) is 6.92 Å². The van der Waals surface area contributed by atoms with Crippen molar-refractivity contribution in [2.45, 2.75) is 26.1 Å². The topological polar surface area (TPSA) is 50.6 Å². The summed E-state index contributed by atoms with van der Waals surface area (Å²) in [5, 5.41) is 4.43. The summed E-state index contributed by atoms with van der Waals surface area (Å²) in [7, 11) is 3.48. The lowest BCUT2D eigenvalue weighted by Gasteiger charge is -2.33. The minimum absolute atomic E-state index is 0.0163. The lowest BCUT2D eigenvalue weighted by atomic mass is 10.2. The molecule has 1 amide bonds. The van der Waals surface area contributed by atoms with Crippen molar-refractivity contribution in [3.63, 3.8) is 0 Å². The fourth-order valence-corrected chi connectivity index (χ4v) is 3.84. The SMILES string of the molecule is Cc1ccc(CN2Cc3ccnn3C(COCC(=O)N(C)C)C2)s1. The van der Waals surface area contributed by atoms with E-state index in [4.69, 9.17) is 4.74 Å². The number of carbonyl (C=O) groups is 1.